The molecule has 0 unspecified atom stereocenters. The largest absolute Gasteiger partial charge is 0.342 e. The summed E-state index contributed by atoms with van der Waals surface area (Å²) in [6.45, 7) is 3.80. The smallest absolute Gasteiger partial charge is 0.264 e. The molecule has 1 aromatic carbocycles. The first-order valence-corrected chi connectivity index (χ1v) is 8.79. The second-order valence-corrected chi connectivity index (χ2v) is 6.53. The molecule has 0 aliphatic rings. The molecule has 8 heteroatoms. The summed E-state index contributed by atoms with van der Waals surface area (Å²) in [7, 11) is 0. The maximum atomic E-state index is 12.5. The van der Waals surface area contributed by atoms with E-state index in [2.05, 4.69) is 30.2 Å². The van der Waals surface area contributed by atoms with E-state index < -0.39 is 17.5 Å². The van der Waals surface area contributed by atoms with Crippen molar-refractivity contribution in [2.24, 2.45) is 0 Å². The summed E-state index contributed by atoms with van der Waals surface area (Å²) in [5.74, 6) is 0.400. The van der Waals surface area contributed by atoms with Gasteiger partial charge in [-0.1, -0.05) is 12.1 Å². The van der Waals surface area contributed by atoms with E-state index in [0.29, 0.717) is 17.3 Å². The Morgan fingerprint density at radius 2 is 2.00 bits per heavy atom. The fraction of sp³-hybridized carbons (Fsp3) is 0.150. The number of hydrogen-bond acceptors (Lipinski definition) is 5. The van der Waals surface area contributed by atoms with Gasteiger partial charge in [0.05, 0.1) is 17.1 Å². The highest BCUT2D eigenvalue weighted by atomic mass is 16.2. The standard InChI is InChI=1S/C20H18N6O2/c1-11-6-7-14-16(9-11)25-17(24-14)12(2)23-19(27)13-10-22-18(26-20(13)28)15-5-3-4-8-21-15/h3-10,12H,1-2H3,(H,23,27)(H,24,25)(H,22,26,28)/t12-/m0/s1. The van der Waals surface area contributed by atoms with Gasteiger partial charge in [-0.2, -0.15) is 0 Å². The number of nitrogens with one attached hydrogen (secondary N) is 3. The lowest BCUT2D eigenvalue weighted by Crippen LogP contribution is -2.32. The Labute approximate surface area is 160 Å². The summed E-state index contributed by atoms with van der Waals surface area (Å²) < 4.78 is 0. The van der Waals surface area contributed by atoms with Gasteiger partial charge < -0.3 is 15.3 Å². The highest BCUT2D eigenvalue weighted by Gasteiger charge is 2.18. The molecule has 0 spiro atoms. The lowest BCUT2D eigenvalue weighted by molar-refractivity contribution is 0.0936. The van der Waals surface area contributed by atoms with Crippen LogP contribution in [0.5, 0.6) is 0 Å². The maximum absolute atomic E-state index is 12.5. The van der Waals surface area contributed by atoms with Crippen molar-refractivity contribution in [3.63, 3.8) is 0 Å². The number of benzene rings is 1. The predicted molar refractivity (Wildman–Crippen MR) is 105 cm³/mol. The van der Waals surface area contributed by atoms with E-state index in [0.717, 1.165) is 16.6 Å². The highest BCUT2D eigenvalue weighted by molar-refractivity contribution is 5.93. The maximum Gasteiger partial charge on any atom is 0.264 e. The van der Waals surface area contributed by atoms with Gasteiger partial charge in [0.15, 0.2) is 5.82 Å². The van der Waals surface area contributed by atoms with Gasteiger partial charge in [-0.05, 0) is 43.7 Å². The van der Waals surface area contributed by atoms with Crippen LogP contribution in [0.4, 0.5) is 0 Å². The zero-order valence-corrected chi connectivity index (χ0v) is 15.4. The Bertz CT molecular complexity index is 1210. The minimum absolute atomic E-state index is 0.0708. The predicted octanol–water partition coefficient (Wildman–Crippen LogP) is 2.51. The van der Waals surface area contributed by atoms with Gasteiger partial charge in [-0.15, -0.1) is 0 Å². The number of amides is 1. The fourth-order valence-electron chi connectivity index (χ4n) is 2.88. The lowest BCUT2D eigenvalue weighted by atomic mass is 10.2. The quantitative estimate of drug-likeness (QED) is 0.507. The van der Waals surface area contributed by atoms with Crippen molar-refractivity contribution < 1.29 is 4.79 Å². The van der Waals surface area contributed by atoms with Crippen LogP contribution in [-0.4, -0.2) is 30.8 Å². The van der Waals surface area contributed by atoms with Crippen molar-refractivity contribution in [2.75, 3.05) is 0 Å². The number of imidazole rings is 1. The number of fused-ring (bicyclic) bond motifs is 1. The minimum Gasteiger partial charge on any atom is -0.342 e. The van der Waals surface area contributed by atoms with Crippen LogP contribution in [0, 0.1) is 6.92 Å². The summed E-state index contributed by atoms with van der Waals surface area (Å²) in [6.07, 6.45) is 2.86. The molecule has 1 atom stereocenters. The van der Waals surface area contributed by atoms with Crippen molar-refractivity contribution in [1.82, 2.24) is 30.2 Å². The Balaban J connectivity index is 1.54. The van der Waals surface area contributed by atoms with E-state index in [4.69, 9.17) is 0 Å². The number of aryl methyl sites for hydroxylation is 1. The molecule has 4 aromatic rings. The van der Waals surface area contributed by atoms with Gasteiger partial charge in [-0.3, -0.25) is 14.6 Å². The minimum atomic E-state index is -0.527. The Morgan fingerprint density at radius 1 is 1.14 bits per heavy atom. The molecule has 0 bridgehead atoms. The molecule has 0 aliphatic heterocycles. The average molecular weight is 374 g/mol. The number of pyridine rings is 1. The molecule has 0 fully saturated rings. The SMILES string of the molecule is Cc1ccc2nc([C@H](C)NC(=O)c3cnc(-c4ccccn4)[nH]c3=O)[nH]c2c1. The van der Waals surface area contributed by atoms with E-state index in [1.54, 1.807) is 31.3 Å². The molecule has 3 heterocycles. The average Bonchev–Trinajstić information content (AvgIpc) is 3.12. The molecule has 0 saturated carbocycles. The monoisotopic (exact) mass is 374 g/mol. The number of H-pyrrole nitrogens is 2. The van der Waals surface area contributed by atoms with E-state index in [1.165, 1.54) is 6.20 Å². The number of carbonyl (C=O) groups excluding carboxylic acids is 1. The van der Waals surface area contributed by atoms with Crippen LogP contribution in [-0.2, 0) is 0 Å². The Hall–Kier alpha value is -3.81. The molecule has 140 valence electrons. The topological polar surface area (TPSA) is 116 Å². The van der Waals surface area contributed by atoms with Crippen molar-refractivity contribution in [2.45, 2.75) is 19.9 Å². The number of aromatic nitrogens is 5. The number of hydrogen-bond donors (Lipinski definition) is 3. The molecule has 0 radical (unpaired) electrons. The molecule has 28 heavy (non-hydrogen) atoms. The zero-order valence-electron chi connectivity index (χ0n) is 15.4. The van der Waals surface area contributed by atoms with Crippen LogP contribution < -0.4 is 10.9 Å². The Morgan fingerprint density at radius 3 is 2.75 bits per heavy atom. The summed E-state index contributed by atoms with van der Waals surface area (Å²) in [4.78, 5) is 43.5. The van der Waals surface area contributed by atoms with E-state index in [1.807, 2.05) is 25.1 Å². The van der Waals surface area contributed by atoms with Gasteiger partial charge >= 0.3 is 0 Å². The molecule has 4 rings (SSSR count). The van der Waals surface area contributed by atoms with Gasteiger partial charge in [0.2, 0.25) is 0 Å². The molecule has 3 aromatic heterocycles. The summed E-state index contributed by atoms with van der Waals surface area (Å²) in [6, 6.07) is 10.8. The first-order valence-electron chi connectivity index (χ1n) is 8.79. The van der Waals surface area contributed by atoms with E-state index in [-0.39, 0.29) is 5.56 Å². The van der Waals surface area contributed by atoms with Gasteiger partial charge in [-0.25, -0.2) is 9.97 Å². The van der Waals surface area contributed by atoms with Gasteiger partial charge in [0, 0.05) is 12.4 Å². The number of nitrogens with zero attached hydrogens (tertiary/aromatic N) is 3. The normalized spacial score (nSPS) is 12.1. The van der Waals surface area contributed by atoms with Crippen LogP contribution >= 0.6 is 0 Å². The summed E-state index contributed by atoms with van der Waals surface area (Å²) in [5, 5.41) is 2.78. The van der Waals surface area contributed by atoms with E-state index >= 15 is 0 Å². The number of rotatable bonds is 4. The third-order valence-electron chi connectivity index (χ3n) is 4.36. The molecule has 1 amide bonds. The second kappa shape index (κ2) is 7.07. The van der Waals surface area contributed by atoms with E-state index in [9.17, 15) is 9.59 Å². The highest BCUT2D eigenvalue weighted by Crippen LogP contribution is 2.17. The van der Waals surface area contributed by atoms with Crippen molar-refractivity contribution in [1.29, 1.82) is 0 Å². The fourth-order valence-corrected chi connectivity index (χ4v) is 2.88. The third kappa shape index (κ3) is 3.39. The molecule has 8 nitrogen and oxygen atoms in total. The number of aromatic amines is 2. The first-order chi connectivity index (χ1) is 13.5. The molecule has 3 N–H and O–H groups in total. The van der Waals surface area contributed by atoms with Crippen molar-refractivity contribution in [3.05, 3.63) is 76.1 Å². The van der Waals surface area contributed by atoms with Crippen LogP contribution in [0.3, 0.4) is 0 Å². The Kier molecular flexibility index (Phi) is 4.44. The van der Waals surface area contributed by atoms with Crippen LogP contribution in [0.25, 0.3) is 22.6 Å². The summed E-state index contributed by atoms with van der Waals surface area (Å²) in [5.41, 5.74) is 2.76. The molecular formula is C20H18N6O2. The molecule has 0 saturated heterocycles. The van der Waals surface area contributed by atoms with Crippen molar-refractivity contribution in [3.8, 4) is 11.5 Å². The van der Waals surface area contributed by atoms with Gasteiger partial charge in [0.25, 0.3) is 11.5 Å². The summed E-state index contributed by atoms with van der Waals surface area (Å²) >= 11 is 0. The lowest BCUT2D eigenvalue weighted by Gasteiger charge is -2.11. The van der Waals surface area contributed by atoms with Crippen LogP contribution in [0.1, 0.15) is 34.7 Å². The zero-order chi connectivity index (χ0) is 19.7. The number of carbonyl (C=O) groups is 1. The van der Waals surface area contributed by atoms with Crippen LogP contribution in [0.15, 0.2) is 53.6 Å². The van der Waals surface area contributed by atoms with Gasteiger partial charge in [0.1, 0.15) is 17.1 Å². The first kappa shape index (κ1) is 17.6. The third-order valence-corrected chi connectivity index (χ3v) is 4.36. The van der Waals surface area contributed by atoms with Crippen LogP contribution in [0.2, 0.25) is 0 Å². The second-order valence-electron chi connectivity index (χ2n) is 6.53. The molecule has 0 aliphatic carbocycles. The molecular weight excluding hydrogens is 356 g/mol. The van der Waals surface area contributed by atoms with Crippen molar-refractivity contribution >= 4 is 16.9 Å².